The van der Waals surface area contributed by atoms with Crippen LogP contribution in [0.4, 0.5) is 0 Å². The van der Waals surface area contributed by atoms with Crippen LogP contribution in [0.25, 0.3) is 22.5 Å². The highest BCUT2D eigenvalue weighted by molar-refractivity contribution is 6.31. The third-order valence-corrected chi connectivity index (χ3v) is 3.29. The average molecular weight is 301 g/mol. The van der Waals surface area contributed by atoms with Crippen LogP contribution in [0.1, 0.15) is 0 Å². The Bertz CT molecular complexity index is 742. The van der Waals surface area contributed by atoms with Gasteiger partial charge in [-0.1, -0.05) is 54.1 Å². The van der Waals surface area contributed by atoms with E-state index in [1.54, 1.807) is 0 Å². The first kappa shape index (κ1) is 13.1. The van der Waals surface area contributed by atoms with Crippen molar-refractivity contribution in [2.45, 2.75) is 0 Å². The Kier molecular flexibility index (Phi) is 3.68. The molecule has 0 N–H and O–H groups in total. The molecule has 4 heteroatoms. The molecule has 0 amide bonds. The summed E-state index contributed by atoms with van der Waals surface area (Å²) in [6.45, 7) is 0. The molecule has 0 saturated heterocycles. The zero-order valence-corrected chi connectivity index (χ0v) is 11.9. The fraction of sp³-hybridized carbons (Fsp3) is 0. The van der Waals surface area contributed by atoms with Gasteiger partial charge in [0.15, 0.2) is 0 Å². The van der Waals surface area contributed by atoms with Crippen LogP contribution in [0.3, 0.4) is 0 Å². The fourth-order valence-corrected chi connectivity index (χ4v) is 2.34. The zero-order valence-electron chi connectivity index (χ0n) is 10.4. The summed E-state index contributed by atoms with van der Waals surface area (Å²) >= 11 is 12.0. The molecule has 0 bridgehead atoms. The van der Waals surface area contributed by atoms with Crippen molar-refractivity contribution >= 4 is 23.2 Å². The second kappa shape index (κ2) is 5.61. The van der Waals surface area contributed by atoms with E-state index in [0.717, 1.165) is 22.5 Å². The van der Waals surface area contributed by atoms with Gasteiger partial charge >= 0.3 is 0 Å². The Morgan fingerprint density at radius 2 is 1.30 bits per heavy atom. The lowest BCUT2D eigenvalue weighted by Crippen LogP contribution is -1.91. The minimum absolute atomic E-state index is 0.223. The molecule has 0 aliphatic rings. The van der Waals surface area contributed by atoms with Crippen LogP contribution in [0, 0.1) is 0 Å². The topological polar surface area (TPSA) is 25.8 Å². The molecule has 0 spiro atoms. The molecule has 1 aromatic heterocycles. The first-order chi connectivity index (χ1) is 9.72. The van der Waals surface area contributed by atoms with Gasteiger partial charge in [0, 0.05) is 16.1 Å². The summed E-state index contributed by atoms with van der Waals surface area (Å²) in [5.74, 6) is 0. The Hall–Kier alpha value is -1.90. The molecule has 20 heavy (non-hydrogen) atoms. The van der Waals surface area contributed by atoms with Crippen molar-refractivity contribution in [2.75, 3.05) is 0 Å². The van der Waals surface area contributed by atoms with Gasteiger partial charge in [0.25, 0.3) is 0 Å². The van der Waals surface area contributed by atoms with Crippen molar-refractivity contribution in [1.82, 2.24) is 9.97 Å². The van der Waals surface area contributed by atoms with E-state index in [1.807, 2.05) is 60.7 Å². The highest BCUT2D eigenvalue weighted by atomic mass is 35.5. The Balaban J connectivity index is 2.12. The zero-order chi connectivity index (χ0) is 13.9. The number of benzene rings is 2. The predicted molar refractivity (Wildman–Crippen MR) is 82.9 cm³/mol. The molecule has 98 valence electrons. The molecule has 0 fully saturated rings. The molecule has 0 aliphatic carbocycles. The van der Waals surface area contributed by atoms with Crippen LogP contribution in [0.15, 0.2) is 60.7 Å². The second-order valence-electron chi connectivity index (χ2n) is 4.28. The molecule has 0 radical (unpaired) electrons. The highest BCUT2D eigenvalue weighted by Gasteiger charge is 2.07. The van der Waals surface area contributed by atoms with E-state index in [-0.39, 0.29) is 5.28 Å². The minimum atomic E-state index is 0.223. The summed E-state index contributed by atoms with van der Waals surface area (Å²) in [4.78, 5) is 8.54. The van der Waals surface area contributed by atoms with Gasteiger partial charge in [0.05, 0.1) is 11.4 Å². The molecule has 0 aliphatic heterocycles. The first-order valence-corrected chi connectivity index (χ1v) is 6.84. The van der Waals surface area contributed by atoms with Crippen LogP contribution in [0.2, 0.25) is 10.3 Å². The van der Waals surface area contributed by atoms with Crippen molar-refractivity contribution in [3.63, 3.8) is 0 Å². The molecule has 0 saturated carbocycles. The smallest absolute Gasteiger partial charge is 0.218 e. The van der Waals surface area contributed by atoms with Crippen LogP contribution in [0.5, 0.6) is 0 Å². The standard InChI is InChI=1S/C16H10Cl2N2/c17-13-8-4-7-12(9-13)15-10-14(19-16(18)20-15)11-5-2-1-3-6-11/h1-10H. The van der Waals surface area contributed by atoms with Gasteiger partial charge < -0.3 is 0 Å². The van der Waals surface area contributed by atoms with Gasteiger partial charge in [0.1, 0.15) is 0 Å². The van der Waals surface area contributed by atoms with Gasteiger partial charge in [-0.15, -0.1) is 0 Å². The maximum atomic E-state index is 6.03. The normalized spacial score (nSPS) is 10.5. The molecule has 3 aromatic rings. The summed E-state index contributed by atoms with van der Waals surface area (Å²) in [6, 6.07) is 19.3. The van der Waals surface area contributed by atoms with Crippen LogP contribution < -0.4 is 0 Å². The van der Waals surface area contributed by atoms with Gasteiger partial charge in [0.2, 0.25) is 5.28 Å². The molecular formula is C16H10Cl2N2. The predicted octanol–water partition coefficient (Wildman–Crippen LogP) is 5.12. The van der Waals surface area contributed by atoms with E-state index in [1.165, 1.54) is 0 Å². The van der Waals surface area contributed by atoms with E-state index < -0.39 is 0 Å². The molecule has 1 heterocycles. The van der Waals surface area contributed by atoms with E-state index in [0.29, 0.717) is 5.02 Å². The number of rotatable bonds is 2. The quantitative estimate of drug-likeness (QED) is 0.614. The molecule has 2 nitrogen and oxygen atoms in total. The summed E-state index contributed by atoms with van der Waals surface area (Å²) in [6.07, 6.45) is 0. The third kappa shape index (κ3) is 2.82. The van der Waals surface area contributed by atoms with Crippen molar-refractivity contribution in [3.05, 3.63) is 71.0 Å². The number of halogens is 2. The Morgan fingerprint density at radius 3 is 2.00 bits per heavy atom. The summed E-state index contributed by atoms with van der Waals surface area (Å²) in [5.41, 5.74) is 3.46. The molecule has 2 aromatic carbocycles. The van der Waals surface area contributed by atoms with E-state index in [9.17, 15) is 0 Å². The fourth-order valence-electron chi connectivity index (χ4n) is 1.97. The third-order valence-electron chi connectivity index (χ3n) is 2.89. The lowest BCUT2D eigenvalue weighted by molar-refractivity contribution is 1.18. The van der Waals surface area contributed by atoms with Gasteiger partial charge in [-0.2, -0.15) is 0 Å². The SMILES string of the molecule is Clc1cccc(-c2cc(-c3ccccc3)nc(Cl)n2)c1. The largest absolute Gasteiger partial charge is 0.223 e. The Morgan fingerprint density at radius 1 is 0.650 bits per heavy atom. The number of aromatic nitrogens is 2. The minimum Gasteiger partial charge on any atom is -0.218 e. The van der Waals surface area contributed by atoms with E-state index in [2.05, 4.69) is 9.97 Å². The lowest BCUT2D eigenvalue weighted by Gasteiger charge is -2.06. The van der Waals surface area contributed by atoms with E-state index in [4.69, 9.17) is 23.2 Å². The van der Waals surface area contributed by atoms with Crippen molar-refractivity contribution < 1.29 is 0 Å². The summed E-state index contributed by atoms with van der Waals surface area (Å²) < 4.78 is 0. The molecule has 3 rings (SSSR count). The highest BCUT2D eigenvalue weighted by Crippen LogP contribution is 2.26. The van der Waals surface area contributed by atoms with Crippen molar-refractivity contribution in [3.8, 4) is 22.5 Å². The van der Waals surface area contributed by atoms with Gasteiger partial charge in [-0.25, -0.2) is 9.97 Å². The summed E-state index contributed by atoms with van der Waals surface area (Å²) in [5, 5.41) is 0.889. The van der Waals surface area contributed by atoms with Gasteiger partial charge in [-0.3, -0.25) is 0 Å². The number of hydrogen-bond acceptors (Lipinski definition) is 2. The molecular weight excluding hydrogens is 291 g/mol. The van der Waals surface area contributed by atoms with Crippen LogP contribution >= 0.6 is 23.2 Å². The van der Waals surface area contributed by atoms with Gasteiger partial charge in [-0.05, 0) is 29.8 Å². The maximum Gasteiger partial charge on any atom is 0.223 e. The molecule has 0 atom stereocenters. The van der Waals surface area contributed by atoms with Crippen LogP contribution in [-0.2, 0) is 0 Å². The monoisotopic (exact) mass is 300 g/mol. The number of nitrogens with zero attached hydrogens (tertiary/aromatic N) is 2. The lowest BCUT2D eigenvalue weighted by atomic mass is 10.1. The van der Waals surface area contributed by atoms with E-state index >= 15 is 0 Å². The maximum absolute atomic E-state index is 6.03. The van der Waals surface area contributed by atoms with Crippen molar-refractivity contribution in [2.24, 2.45) is 0 Å². The first-order valence-electron chi connectivity index (χ1n) is 6.08. The Labute approximate surface area is 127 Å². The second-order valence-corrected chi connectivity index (χ2v) is 5.06. The molecule has 0 unspecified atom stereocenters. The number of hydrogen-bond donors (Lipinski definition) is 0. The van der Waals surface area contributed by atoms with Crippen molar-refractivity contribution in [1.29, 1.82) is 0 Å². The summed E-state index contributed by atoms with van der Waals surface area (Å²) in [7, 11) is 0. The average Bonchev–Trinajstić information content (AvgIpc) is 2.47. The van der Waals surface area contributed by atoms with Crippen LogP contribution in [-0.4, -0.2) is 9.97 Å².